The first-order valence-corrected chi connectivity index (χ1v) is 10.9. The van der Waals surface area contributed by atoms with Crippen molar-refractivity contribution in [1.82, 2.24) is 4.72 Å². The van der Waals surface area contributed by atoms with Gasteiger partial charge in [-0.25, -0.2) is 17.5 Å². The molecule has 4 nitrogen and oxygen atoms in total. The smallest absolute Gasteiger partial charge is 0.241 e. The Hall–Kier alpha value is -1.92. The summed E-state index contributed by atoms with van der Waals surface area (Å²) in [4.78, 5) is 0.0862. The van der Waals surface area contributed by atoms with E-state index in [-0.39, 0.29) is 16.5 Å². The fraction of sp³-hybridized carbons (Fsp3) is 0.429. The molecule has 0 bridgehead atoms. The van der Waals surface area contributed by atoms with Gasteiger partial charge in [0.25, 0.3) is 0 Å². The number of halogens is 1. The van der Waals surface area contributed by atoms with E-state index in [1.807, 2.05) is 24.3 Å². The Labute approximate surface area is 159 Å². The van der Waals surface area contributed by atoms with Gasteiger partial charge >= 0.3 is 0 Å². The molecule has 0 aromatic heterocycles. The maximum Gasteiger partial charge on any atom is 0.241 e. The number of hydrogen-bond acceptors (Lipinski definition) is 3. The second-order valence-electron chi connectivity index (χ2n) is 7.67. The largest absolute Gasteiger partial charge is 0.487 e. The van der Waals surface area contributed by atoms with Crippen molar-refractivity contribution in [2.75, 3.05) is 0 Å². The van der Waals surface area contributed by atoms with E-state index in [9.17, 15) is 12.8 Å². The zero-order valence-electron chi connectivity index (χ0n) is 15.4. The van der Waals surface area contributed by atoms with Crippen molar-refractivity contribution in [2.24, 2.45) is 0 Å². The van der Waals surface area contributed by atoms with E-state index in [1.165, 1.54) is 24.6 Å². The van der Waals surface area contributed by atoms with Crippen LogP contribution < -0.4 is 9.46 Å². The fourth-order valence-corrected chi connectivity index (χ4v) is 5.57. The predicted molar refractivity (Wildman–Crippen MR) is 102 cm³/mol. The SMILES string of the molecule is Cc1cc(S(=O)(=O)N[C@H]2CC3(CCCCC3)Oc3ccccc32)ccc1F. The summed E-state index contributed by atoms with van der Waals surface area (Å²) in [6.45, 7) is 1.56. The number of benzene rings is 2. The van der Waals surface area contributed by atoms with Crippen LogP contribution in [0.15, 0.2) is 47.4 Å². The van der Waals surface area contributed by atoms with Gasteiger partial charge in [-0.2, -0.15) is 0 Å². The summed E-state index contributed by atoms with van der Waals surface area (Å²) < 4.78 is 48.7. The van der Waals surface area contributed by atoms with Crippen LogP contribution >= 0.6 is 0 Å². The van der Waals surface area contributed by atoms with E-state index in [4.69, 9.17) is 4.74 Å². The van der Waals surface area contributed by atoms with Gasteiger partial charge in [0.15, 0.2) is 0 Å². The summed E-state index contributed by atoms with van der Waals surface area (Å²) in [6, 6.07) is 11.2. The van der Waals surface area contributed by atoms with Gasteiger partial charge in [-0.05, 0) is 62.4 Å². The van der Waals surface area contributed by atoms with Crippen LogP contribution in [0.1, 0.15) is 55.7 Å². The maximum atomic E-state index is 13.5. The fourth-order valence-electron chi connectivity index (χ4n) is 4.27. The van der Waals surface area contributed by atoms with Crippen LogP contribution in [0.4, 0.5) is 4.39 Å². The Bertz CT molecular complexity index is 952. The molecule has 144 valence electrons. The van der Waals surface area contributed by atoms with E-state index in [0.29, 0.717) is 12.0 Å². The number of nitrogens with one attached hydrogen (secondary N) is 1. The Morgan fingerprint density at radius 1 is 1.11 bits per heavy atom. The van der Waals surface area contributed by atoms with Gasteiger partial charge in [-0.1, -0.05) is 24.6 Å². The lowest BCUT2D eigenvalue weighted by molar-refractivity contribution is 0.0000752. The molecule has 1 heterocycles. The van der Waals surface area contributed by atoms with Crippen LogP contribution in [0.3, 0.4) is 0 Å². The number of aryl methyl sites for hydroxylation is 1. The lowest BCUT2D eigenvalue weighted by atomic mass is 9.77. The van der Waals surface area contributed by atoms with Gasteiger partial charge < -0.3 is 4.74 Å². The highest BCUT2D eigenvalue weighted by atomic mass is 32.2. The zero-order chi connectivity index (χ0) is 19.1. The first-order chi connectivity index (χ1) is 12.9. The van der Waals surface area contributed by atoms with Crippen molar-refractivity contribution in [2.45, 2.75) is 62.0 Å². The molecular formula is C21H24FNO3S. The van der Waals surface area contributed by atoms with Crippen molar-refractivity contribution >= 4 is 10.0 Å². The minimum absolute atomic E-state index is 0.0862. The van der Waals surface area contributed by atoms with Gasteiger partial charge in [-0.15, -0.1) is 0 Å². The molecule has 1 aliphatic carbocycles. The van der Waals surface area contributed by atoms with Gasteiger partial charge in [0.1, 0.15) is 17.2 Å². The molecule has 0 radical (unpaired) electrons. The minimum Gasteiger partial charge on any atom is -0.487 e. The lowest BCUT2D eigenvalue weighted by Crippen LogP contribution is -2.46. The third-order valence-corrected chi connectivity index (χ3v) is 7.17. The molecule has 2 aromatic rings. The molecule has 0 amide bonds. The Morgan fingerprint density at radius 3 is 2.59 bits per heavy atom. The summed E-state index contributed by atoms with van der Waals surface area (Å²) in [6.07, 6.45) is 5.88. The second-order valence-corrected chi connectivity index (χ2v) is 9.39. The molecule has 1 N–H and O–H groups in total. The van der Waals surface area contributed by atoms with E-state index < -0.39 is 15.8 Å². The topological polar surface area (TPSA) is 55.4 Å². The molecule has 0 unspecified atom stereocenters. The highest BCUT2D eigenvalue weighted by Gasteiger charge is 2.42. The molecule has 1 spiro atoms. The van der Waals surface area contributed by atoms with Crippen molar-refractivity contribution < 1.29 is 17.5 Å². The molecule has 4 rings (SSSR count). The molecule has 27 heavy (non-hydrogen) atoms. The van der Waals surface area contributed by atoms with Crippen molar-refractivity contribution in [1.29, 1.82) is 0 Å². The highest BCUT2D eigenvalue weighted by molar-refractivity contribution is 7.89. The van der Waals surface area contributed by atoms with Crippen LogP contribution in [0.5, 0.6) is 5.75 Å². The zero-order valence-corrected chi connectivity index (χ0v) is 16.2. The van der Waals surface area contributed by atoms with Crippen molar-refractivity contribution in [3.05, 3.63) is 59.4 Å². The van der Waals surface area contributed by atoms with E-state index in [0.717, 1.165) is 37.0 Å². The summed E-state index contributed by atoms with van der Waals surface area (Å²) in [5.74, 6) is 0.347. The van der Waals surface area contributed by atoms with Gasteiger partial charge in [0, 0.05) is 12.0 Å². The molecule has 0 saturated heterocycles. The molecule has 2 aromatic carbocycles. The molecule has 1 fully saturated rings. The monoisotopic (exact) mass is 389 g/mol. The first-order valence-electron chi connectivity index (χ1n) is 9.45. The lowest BCUT2D eigenvalue weighted by Gasteiger charge is -2.44. The second kappa shape index (κ2) is 6.91. The molecule has 1 aliphatic heterocycles. The average Bonchev–Trinajstić information content (AvgIpc) is 2.64. The third-order valence-electron chi connectivity index (χ3n) is 5.70. The summed E-state index contributed by atoms with van der Waals surface area (Å²) in [7, 11) is -3.77. The Morgan fingerprint density at radius 2 is 1.85 bits per heavy atom. The van der Waals surface area contributed by atoms with Crippen LogP contribution in [-0.4, -0.2) is 14.0 Å². The van der Waals surface area contributed by atoms with Crippen LogP contribution in [0.25, 0.3) is 0 Å². The van der Waals surface area contributed by atoms with Gasteiger partial charge in [0.05, 0.1) is 10.9 Å². The van der Waals surface area contributed by atoms with Gasteiger partial charge in [-0.3, -0.25) is 0 Å². The first kappa shape index (κ1) is 18.4. The molecule has 6 heteroatoms. The molecule has 1 atom stereocenters. The number of fused-ring (bicyclic) bond motifs is 1. The van der Waals surface area contributed by atoms with Crippen LogP contribution in [0, 0.1) is 12.7 Å². The minimum atomic E-state index is -3.77. The number of ether oxygens (including phenoxy) is 1. The summed E-state index contributed by atoms with van der Waals surface area (Å²) in [5.41, 5.74) is 0.864. The number of rotatable bonds is 3. The molecule has 2 aliphatic rings. The summed E-state index contributed by atoms with van der Waals surface area (Å²) in [5, 5.41) is 0. The van der Waals surface area contributed by atoms with Crippen molar-refractivity contribution in [3.63, 3.8) is 0 Å². The maximum absolute atomic E-state index is 13.5. The summed E-state index contributed by atoms with van der Waals surface area (Å²) >= 11 is 0. The third kappa shape index (κ3) is 3.60. The van der Waals surface area contributed by atoms with Crippen LogP contribution in [0.2, 0.25) is 0 Å². The average molecular weight is 389 g/mol. The highest BCUT2D eigenvalue weighted by Crippen LogP contribution is 2.46. The van der Waals surface area contributed by atoms with Gasteiger partial charge in [0.2, 0.25) is 10.0 Å². The van der Waals surface area contributed by atoms with Crippen LogP contribution in [-0.2, 0) is 10.0 Å². The normalized spacial score (nSPS) is 21.5. The quantitative estimate of drug-likeness (QED) is 0.832. The van der Waals surface area contributed by atoms with Crippen molar-refractivity contribution in [3.8, 4) is 5.75 Å². The Balaban J connectivity index is 1.68. The molecular weight excluding hydrogens is 365 g/mol. The number of sulfonamides is 1. The number of hydrogen-bond donors (Lipinski definition) is 1. The standard InChI is InChI=1S/C21H24FNO3S/c1-15-13-16(9-10-18(15)22)27(24,25)23-19-14-21(11-5-2-6-12-21)26-20-8-4-3-7-17(19)20/h3-4,7-10,13,19,23H,2,5-6,11-12,14H2,1H3/t19-/m0/s1. The van der Waals surface area contributed by atoms with E-state index >= 15 is 0 Å². The van der Waals surface area contributed by atoms with E-state index in [2.05, 4.69) is 4.72 Å². The molecule has 1 saturated carbocycles. The Kier molecular flexibility index (Phi) is 4.72. The number of para-hydroxylation sites is 1. The predicted octanol–water partition coefficient (Wildman–Crippen LogP) is 4.64. The van der Waals surface area contributed by atoms with E-state index in [1.54, 1.807) is 6.92 Å².